The Kier molecular flexibility index (Phi) is 3.57. The first-order valence-corrected chi connectivity index (χ1v) is 6.78. The van der Waals surface area contributed by atoms with Crippen LogP contribution in [0.25, 0.3) is 22.4 Å². The average molecular weight is 323 g/mol. The molecule has 0 atom stereocenters. The minimum atomic E-state index is -0.367. The highest BCUT2D eigenvalue weighted by Crippen LogP contribution is 2.38. The molecule has 3 aromatic rings. The summed E-state index contributed by atoms with van der Waals surface area (Å²) in [5.74, 6) is -0.234. The molecule has 106 valence electrons. The molecule has 1 heterocycles. The van der Waals surface area contributed by atoms with E-state index in [4.69, 9.17) is 33.5 Å². The quantitative estimate of drug-likeness (QED) is 0.719. The van der Waals surface area contributed by atoms with Gasteiger partial charge in [0.2, 0.25) is 5.88 Å². The van der Waals surface area contributed by atoms with Gasteiger partial charge >= 0.3 is 0 Å². The summed E-state index contributed by atoms with van der Waals surface area (Å²) in [7, 11) is 0. The monoisotopic (exact) mass is 322 g/mol. The Balaban J connectivity index is 2.19. The molecule has 0 bridgehead atoms. The molecule has 3 nitrogen and oxygen atoms in total. The number of aromatic nitrogens is 1. The number of halogens is 3. The number of nitrogens with zero attached hydrogens (tertiary/aromatic N) is 1. The molecule has 0 amide bonds. The SMILES string of the molecule is Nc1onc(-c2cccc(F)c2)c1-c1ccc(Cl)c(Cl)c1. The van der Waals surface area contributed by atoms with Crippen molar-refractivity contribution >= 4 is 29.1 Å². The van der Waals surface area contributed by atoms with E-state index in [-0.39, 0.29) is 11.7 Å². The molecule has 0 saturated carbocycles. The number of hydrogen-bond acceptors (Lipinski definition) is 3. The molecule has 1 aromatic heterocycles. The van der Waals surface area contributed by atoms with Gasteiger partial charge in [0.05, 0.1) is 15.6 Å². The Labute approximate surface area is 130 Å². The first-order valence-electron chi connectivity index (χ1n) is 6.03. The highest BCUT2D eigenvalue weighted by atomic mass is 35.5. The van der Waals surface area contributed by atoms with Crippen molar-refractivity contribution in [3.05, 3.63) is 58.3 Å². The number of nitrogens with two attached hydrogens (primary N) is 1. The van der Waals surface area contributed by atoms with Crippen LogP contribution in [0.5, 0.6) is 0 Å². The second-order valence-corrected chi connectivity index (χ2v) is 5.22. The summed E-state index contributed by atoms with van der Waals surface area (Å²) in [6.45, 7) is 0. The third-order valence-corrected chi connectivity index (χ3v) is 3.76. The van der Waals surface area contributed by atoms with Crippen LogP contribution in [0, 0.1) is 5.82 Å². The molecule has 0 radical (unpaired) electrons. The zero-order valence-corrected chi connectivity index (χ0v) is 12.1. The maximum absolute atomic E-state index is 13.4. The molecule has 0 spiro atoms. The fourth-order valence-corrected chi connectivity index (χ4v) is 2.36. The smallest absolute Gasteiger partial charge is 0.230 e. The van der Waals surface area contributed by atoms with Gasteiger partial charge in [0.1, 0.15) is 11.5 Å². The predicted molar refractivity (Wildman–Crippen MR) is 81.8 cm³/mol. The zero-order valence-electron chi connectivity index (χ0n) is 10.6. The van der Waals surface area contributed by atoms with Gasteiger partial charge in [-0.2, -0.15) is 0 Å². The van der Waals surface area contributed by atoms with Gasteiger partial charge in [-0.25, -0.2) is 4.39 Å². The first-order chi connectivity index (χ1) is 10.1. The van der Waals surface area contributed by atoms with Gasteiger partial charge < -0.3 is 10.3 Å². The molecule has 3 rings (SSSR count). The summed E-state index contributed by atoms with van der Waals surface area (Å²) >= 11 is 11.9. The van der Waals surface area contributed by atoms with Crippen molar-refractivity contribution in [2.75, 3.05) is 5.73 Å². The van der Waals surface area contributed by atoms with Crippen molar-refractivity contribution in [2.24, 2.45) is 0 Å². The average Bonchev–Trinajstić information content (AvgIpc) is 2.84. The third-order valence-electron chi connectivity index (χ3n) is 3.02. The third kappa shape index (κ3) is 2.60. The van der Waals surface area contributed by atoms with E-state index in [0.717, 1.165) is 0 Å². The van der Waals surface area contributed by atoms with Crippen LogP contribution < -0.4 is 5.73 Å². The summed E-state index contributed by atoms with van der Waals surface area (Å²) in [4.78, 5) is 0. The van der Waals surface area contributed by atoms with Crippen LogP contribution in [0.2, 0.25) is 10.0 Å². The van der Waals surface area contributed by atoms with Crippen molar-refractivity contribution in [3.8, 4) is 22.4 Å². The van der Waals surface area contributed by atoms with Crippen molar-refractivity contribution in [1.29, 1.82) is 0 Å². The minimum absolute atomic E-state index is 0.132. The number of benzene rings is 2. The lowest BCUT2D eigenvalue weighted by Crippen LogP contribution is -1.88. The van der Waals surface area contributed by atoms with Gasteiger partial charge in [-0.05, 0) is 29.8 Å². The Morgan fingerprint density at radius 1 is 1.00 bits per heavy atom. The Morgan fingerprint density at radius 2 is 1.81 bits per heavy atom. The number of rotatable bonds is 2. The summed E-state index contributed by atoms with van der Waals surface area (Å²) in [5.41, 5.74) is 8.11. The van der Waals surface area contributed by atoms with E-state index >= 15 is 0 Å². The highest BCUT2D eigenvalue weighted by molar-refractivity contribution is 6.42. The van der Waals surface area contributed by atoms with Gasteiger partial charge in [-0.1, -0.05) is 46.6 Å². The molecule has 6 heteroatoms. The molecule has 21 heavy (non-hydrogen) atoms. The lowest BCUT2D eigenvalue weighted by molar-refractivity contribution is 0.439. The maximum Gasteiger partial charge on any atom is 0.230 e. The van der Waals surface area contributed by atoms with E-state index in [9.17, 15) is 4.39 Å². The topological polar surface area (TPSA) is 52.0 Å². The molecule has 0 saturated heterocycles. The Bertz CT molecular complexity index is 817. The minimum Gasteiger partial charge on any atom is -0.367 e. The van der Waals surface area contributed by atoms with Gasteiger partial charge in [0, 0.05) is 5.56 Å². The normalized spacial score (nSPS) is 10.8. The van der Waals surface area contributed by atoms with E-state index in [1.165, 1.54) is 12.1 Å². The molecule has 0 aliphatic rings. The van der Waals surface area contributed by atoms with Crippen LogP contribution in [-0.4, -0.2) is 5.16 Å². The van der Waals surface area contributed by atoms with Gasteiger partial charge in [0.15, 0.2) is 0 Å². The lowest BCUT2D eigenvalue weighted by Gasteiger charge is -2.04. The van der Waals surface area contributed by atoms with Crippen LogP contribution in [0.1, 0.15) is 0 Å². The molecule has 0 aliphatic carbocycles. The lowest BCUT2D eigenvalue weighted by atomic mass is 10.0. The zero-order chi connectivity index (χ0) is 15.0. The van der Waals surface area contributed by atoms with Gasteiger partial charge in [-0.3, -0.25) is 0 Å². The molecule has 0 unspecified atom stereocenters. The van der Waals surface area contributed by atoms with E-state index in [2.05, 4.69) is 5.16 Å². The van der Waals surface area contributed by atoms with Crippen molar-refractivity contribution in [3.63, 3.8) is 0 Å². The first kappa shape index (κ1) is 13.9. The standard InChI is InChI=1S/C15H9Cl2FN2O/c16-11-5-4-8(7-12(11)17)13-14(20-21-15(13)19)9-2-1-3-10(18)6-9/h1-7H,19H2. The fourth-order valence-electron chi connectivity index (χ4n) is 2.07. The van der Waals surface area contributed by atoms with Crippen LogP contribution in [0.3, 0.4) is 0 Å². The molecule has 0 aliphatic heterocycles. The fraction of sp³-hybridized carbons (Fsp3) is 0. The van der Waals surface area contributed by atoms with E-state index in [1.807, 2.05) is 0 Å². The largest absolute Gasteiger partial charge is 0.367 e. The van der Waals surface area contributed by atoms with E-state index in [1.54, 1.807) is 30.3 Å². The van der Waals surface area contributed by atoms with Gasteiger partial charge in [0.25, 0.3) is 0 Å². The van der Waals surface area contributed by atoms with Crippen molar-refractivity contribution in [1.82, 2.24) is 5.16 Å². The van der Waals surface area contributed by atoms with Crippen LogP contribution in [0.4, 0.5) is 10.3 Å². The van der Waals surface area contributed by atoms with E-state index < -0.39 is 0 Å². The van der Waals surface area contributed by atoms with Crippen LogP contribution in [-0.2, 0) is 0 Å². The molecular formula is C15H9Cl2FN2O. The number of nitrogen functional groups attached to an aromatic ring is 1. The molecule has 0 fully saturated rings. The number of anilines is 1. The predicted octanol–water partition coefficient (Wildman–Crippen LogP) is 5.04. The Morgan fingerprint density at radius 3 is 2.52 bits per heavy atom. The highest BCUT2D eigenvalue weighted by Gasteiger charge is 2.18. The second kappa shape index (κ2) is 5.39. The summed E-state index contributed by atoms with van der Waals surface area (Å²) < 4.78 is 18.4. The van der Waals surface area contributed by atoms with Crippen LogP contribution >= 0.6 is 23.2 Å². The van der Waals surface area contributed by atoms with Crippen LogP contribution in [0.15, 0.2) is 47.0 Å². The van der Waals surface area contributed by atoms with Gasteiger partial charge in [-0.15, -0.1) is 0 Å². The number of hydrogen-bond donors (Lipinski definition) is 1. The molecular weight excluding hydrogens is 314 g/mol. The van der Waals surface area contributed by atoms with E-state index in [0.29, 0.717) is 32.4 Å². The molecule has 2 N–H and O–H groups in total. The Hall–Kier alpha value is -2.04. The molecule has 2 aromatic carbocycles. The van der Waals surface area contributed by atoms with Crippen molar-refractivity contribution < 1.29 is 8.91 Å². The summed E-state index contributed by atoms with van der Waals surface area (Å²) in [6.07, 6.45) is 0. The van der Waals surface area contributed by atoms with Crippen molar-refractivity contribution in [2.45, 2.75) is 0 Å². The summed E-state index contributed by atoms with van der Waals surface area (Å²) in [6, 6.07) is 11.1. The second-order valence-electron chi connectivity index (χ2n) is 4.41. The maximum atomic E-state index is 13.4. The summed E-state index contributed by atoms with van der Waals surface area (Å²) in [5, 5.41) is 4.73.